The molecule has 94 valence electrons. The fraction of sp³-hybridized carbons (Fsp3) is 0.533. The molecule has 0 aliphatic rings. The molecule has 1 aromatic rings. The molecule has 2 heteroatoms. The van der Waals surface area contributed by atoms with Crippen molar-refractivity contribution >= 4 is 6.47 Å². The Morgan fingerprint density at radius 2 is 1.82 bits per heavy atom. The van der Waals surface area contributed by atoms with Crippen molar-refractivity contribution in [1.29, 1.82) is 0 Å². The molecular formula is C15H22O2. The first kappa shape index (κ1) is 13.8. The smallest absolute Gasteiger partial charge is 0.298 e. The predicted molar refractivity (Wildman–Crippen MR) is 70.3 cm³/mol. The summed E-state index contributed by atoms with van der Waals surface area (Å²) in [6.07, 6.45) is 4.99. The van der Waals surface area contributed by atoms with Gasteiger partial charge in [-0.25, -0.2) is 0 Å². The molecule has 0 radical (unpaired) electrons. The molecule has 0 saturated carbocycles. The van der Waals surface area contributed by atoms with Crippen molar-refractivity contribution in [3.8, 4) is 5.75 Å². The van der Waals surface area contributed by atoms with Crippen LogP contribution < -0.4 is 4.74 Å². The lowest BCUT2D eigenvalue weighted by Crippen LogP contribution is -2.16. The standard InChI is InChI=1S/C15H22O2/c1-4-5-6-11-15(2,3)13-7-9-14(10-8-13)17-12-16/h7-10,12H,4-6,11H2,1-3H3. The highest BCUT2D eigenvalue weighted by atomic mass is 16.5. The third-order valence-corrected chi connectivity index (χ3v) is 3.23. The van der Waals surface area contributed by atoms with Gasteiger partial charge in [-0.3, -0.25) is 4.79 Å². The van der Waals surface area contributed by atoms with Gasteiger partial charge in [-0.05, 0) is 29.5 Å². The lowest BCUT2D eigenvalue weighted by molar-refractivity contribution is -0.120. The number of carbonyl (C=O) groups is 1. The van der Waals surface area contributed by atoms with Gasteiger partial charge >= 0.3 is 0 Å². The lowest BCUT2D eigenvalue weighted by atomic mass is 9.80. The van der Waals surface area contributed by atoms with E-state index < -0.39 is 0 Å². The molecule has 0 spiro atoms. The zero-order chi connectivity index (χ0) is 12.7. The maximum Gasteiger partial charge on any atom is 0.298 e. The highest BCUT2D eigenvalue weighted by Gasteiger charge is 2.19. The van der Waals surface area contributed by atoms with Crippen molar-refractivity contribution in [3.63, 3.8) is 0 Å². The van der Waals surface area contributed by atoms with E-state index in [9.17, 15) is 4.79 Å². The third kappa shape index (κ3) is 4.22. The van der Waals surface area contributed by atoms with Gasteiger partial charge in [-0.15, -0.1) is 0 Å². The Balaban J connectivity index is 2.66. The summed E-state index contributed by atoms with van der Waals surface area (Å²) in [7, 11) is 0. The Kier molecular flexibility index (Phi) is 5.20. The van der Waals surface area contributed by atoms with E-state index in [4.69, 9.17) is 4.74 Å². The summed E-state index contributed by atoms with van der Waals surface area (Å²) in [6.45, 7) is 7.20. The van der Waals surface area contributed by atoms with Crippen LogP contribution in [0.3, 0.4) is 0 Å². The molecular weight excluding hydrogens is 212 g/mol. The molecule has 0 atom stereocenters. The topological polar surface area (TPSA) is 26.3 Å². The maximum absolute atomic E-state index is 10.2. The summed E-state index contributed by atoms with van der Waals surface area (Å²) < 4.78 is 4.79. The molecule has 0 amide bonds. The number of rotatable bonds is 7. The number of carbonyl (C=O) groups excluding carboxylic acids is 1. The molecule has 0 aliphatic heterocycles. The van der Waals surface area contributed by atoms with E-state index in [1.165, 1.54) is 31.2 Å². The SMILES string of the molecule is CCCCCC(C)(C)c1ccc(OC=O)cc1. The monoisotopic (exact) mass is 234 g/mol. The van der Waals surface area contributed by atoms with Crippen molar-refractivity contribution in [3.05, 3.63) is 29.8 Å². The van der Waals surface area contributed by atoms with Crippen molar-refractivity contribution < 1.29 is 9.53 Å². The van der Waals surface area contributed by atoms with Crippen LogP contribution in [0.1, 0.15) is 52.0 Å². The van der Waals surface area contributed by atoms with Crippen molar-refractivity contribution in [1.82, 2.24) is 0 Å². The van der Waals surface area contributed by atoms with E-state index in [0.29, 0.717) is 12.2 Å². The molecule has 2 nitrogen and oxygen atoms in total. The van der Waals surface area contributed by atoms with Crippen molar-refractivity contribution in [2.45, 2.75) is 51.9 Å². The second-order valence-electron chi connectivity index (χ2n) is 5.08. The Hall–Kier alpha value is -1.31. The Morgan fingerprint density at radius 1 is 1.18 bits per heavy atom. The molecule has 0 fully saturated rings. The Labute approximate surface area is 104 Å². The van der Waals surface area contributed by atoms with Crippen LogP contribution in [0.15, 0.2) is 24.3 Å². The fourth-order valence-electron chi connectivity index (χ4n) is 2.00. The van der Waals surface area contributed by atoms with Crippen LogP contribution in [0.2, 0.25) is 0 Å². The fourth-order valence-corrected chi connectivity index (χ4v) is 2.00. The highest BCUT2D eigenvalue weighted by molar-refractivity contribution is 5.45. The second kappa shape index (κ2) is 6.43. The molecule has 0 heterocycles. The first-order valence-corrected chi connectivity index (χ1v) is 6.31. The molecule has 1 aromatic carbocycles. The molecule has 0 N–H and O–H groups in total. The van der Waals surface area contributed by atoms with E-state index >= 15 is 0 Å². The Morgan fingerprint density at radius 3 is 2.35 bits per heavy atom. The van der Waals surface area contributed by atoms with E-state index in [2.05, 4.69) is 20.8 Å². The number of hydrogen-bond donors (Lipinski definition) is 0. The van der Waals surface area contributed by atoms with Crippen LogP contribution in [0, 0.1) is 0 Å². The highest BCUT2D eigenvalue weighted by Crippen LogP contribution is 2.30. The van der Waals surface area contributed by atoms with E-state index in [1.54, 1.807) is 0 Å². The van der Waals surface area contributed by atoms with Gasteiger partial charge in [-0.2, -0.15) is 0 Å². The minimum atomic E-state index is 0.189. The molecule has 0 bridgehead atoms. The second-order valence-corrected chi connectivity index (χ2v) is 5.08. The molecule has 0 aliphatic carbocycles. The number of benzene rings is 1. The van der Waals surface area contributed by atoms with Gasteiger partial charge in [0.15, 0.2) is 0 Å². The van der Waals surface area contributed by atoms with Gasteiger partial charge in [-0.1, -0.05) is 52.2 Å². The van der Waals surface area contributed by atoms with Crippen molar-refractivity contribution in [2.24, 2.45) is 0 Å². The summed E-state index contributed by atoms with van der Waals surface area (Å²) in [5.41, 5.74) is 1.49. The quantitative estimate of drug-likeness (QED) is 0.525. The van der Waals surface area contributed by atoms with Crippen LogP contribution >= 0.6 is 0 Å². The summed E-state index contributed by atoms with van der Waals surface area (Å²) in [5, 5.41) is 0. The largest absolute Gasteiger partial charge is 0.429 e. The average Bonchev–Trinajstić information content (AvgIpc) is 2.30. The van der Waals surface area contributed by atoms with Crippen LogP contribution in [0.5, 0.6) is 5.75 Å². The van der Waals surface area contributed by atoms with Gasteiger partial charge < -0.3 is 4.74 Å². The minimum absolute atomic E-state index is 0.189. The summed E-state index contributed by atoms with van der Waals surface area (Å²) in [5.74, 6) is 0.605. The minimum Gasteiger partial charge on any atom is -0.429 e. The number of hydrogen-bond acceptors (Lipinski definition) is 2. The maximum atomic E-state index is 10.2. The molecule has 17 heavy (non-hydrogen) atoms. The van der Waals surface area contributed by atoms with E-state index in [-0.39, 0.29) is 5.41 Å². The van der Waals surface area contributed by atoms with E-state index in [0.717, 1.165) is 0 Å². The third-order valence-electron chi connectivity index (χ3n) is 3.23. The first-order chi connectivity index (χ1) is 8.10. The van der Waals surface area contributed by atoms with E-state index in [1.807, 2.05) is 24.3 Å². The van der Waals surface area contributed by atoms with Gasteiger partial charge in [0.05, 0.1) is 0 Å². The van der Waals surface area contributed by atoms with Gasteiger partial charge in [0.2, 0.25) is 0 Å². The predicted octanol–water partition coefficient (Wildman–Crippen LogP) is 4.08. The number of unbranched alkanes of at least 4 members (excludes halogenated alkanes) is 2. The Bertz CT molecular complexity index is 338. The van der Waals surface area contributed by atoms with Crippen molar-refractivity contribution in [2.75, 3.05) is 0 Å². The zero-order valence-electron chi connectivity index (χ0n) is 11.0. The molecule has 0 saturated heterocycles. The lowest BCUT2D eigenvalue weighted by Gasteiger charge is -2.25. The van der Waals surface area contributed by atoms with Crippen LogP contribution in [0.25, 0.3) is 0 Å². The van der Waals surface area contributed by atoms with Gasteiger partial charge in [0.1, 0.15) is 5.75 Å². The molecule has 1 rings (SSSR count). The number of ether oxygens (including phenoxy) is 1. The first-order valence-electron chi connectivity index (χ1n) is 6.31. The summed E-state index contributed by atoms with van der Waals surface area (Å²) >= 11 is 0. The molecule has 0 unspecified atom stereocenters. The average molecular weight is 234 g/mol. The van der Waals surface area contributed by atoms with Crippen LogP contribution in [-0.4, -0.2) is 6.47 Å². The van der Waals surface area contributed by atoms with Crippen LogP contribution in [0.4, 0.5) is 0 Å². The van der Waals surface area contributed by atoms with Crippen LogP contribution in [-0.2, 0) is 10.2 Å². The zero-order valence-corrected chi connectivity index (χ0v) is 11.0. The van der Waals surface area contributed by atoms with Gasteiger partial charge in [0, 0.05) is 0 Å². The normalized spacial score (nSPS) is 11.2. The van der Waals surface area contributed by atoms with Gasteiger partial charge in [0.25, 0.3) is 6.47 Å². The summed E-state index contributed by atoms with van der Waals surface area (Å²) in [4.78, 5) is 10.2. The summed E-state index contributed by atoms with van der Waals surface area (Å²) in [6, 6.07) is 7.80. The molecule has 0 aromatic heterocycles.